The van der Waals surface area contributed by atoms with E-state index < -0.39 is 5.97 Å². The number of benzene rings is 1. The van der Waals surface area contributed by atoms with E-state index in [1.165, 1.54) is 24.3 Å². The summed E-state index contributed by atoms with van der Waals surface area (Å²) in [6.45, 7) is 3.36. The molecule has 0 unspecified atom stereocenters. The van der Waals surface area contributed by atoms with Gasteiger partial charge in [0.05, 0.1) is 12.2 Å². The normalized spacial score (nSPS) is 10.1. The molecule has 0 saturated heterocycles. The molecule has 1 N–H and O–H groups in total. The van der Waals surface area contributed by atoms with Crippen molar-refractivity contribution in [2.45, 2.75) is 13.3 Å². The summed E-state index contributed by atoms with van der Waals surface area (Å²) in [7, 11) is 0. The lowest BCUT2D eigenvalue weighted by atomic mass is 10.2. The second-order valence-electron chi connectivity index (χ2n) is 3.30. The first-order valence-electron chi connectivity index (χ1n) is 5.28. The molecule has 1 rings (SSSR count). The molecule has 16 heavy (non-hydrogen) atoms. The second kappa shape index (κ2) is 6.85. The smallest absolute Gasteiger partial charge is 0.338 e. The number of esters is 1. The van der Waals surface area contributed by atoms with E-state index in [-0.39, 0.29) is 12.4 Å². The maximum atomic E-state index is 11.4. The molecule has 0 saturated carbocycles. The maximum absolute atomic E-state index is 11.4. The zero-order valence-corrected chi connectivity index (χ0v) is 9.31. The number of hydrogen-bond acceptors (Lipinski definition) is 4. The molecule has 88 valence electrons. The van der Waals surface area contributed by atoms with Gasteiger partial charge in [0.15, 0.2) is 0 Å². The van der Waals surface area contributed by atoms with Gasteiger partial charge in [-0.05, 0) is 30.7 Å². The molecule has 0 aliphatic rings. The molecule has 1 aromatic carbocycles. The Labute approximate surface area is 94.8 Å². The molecule has 1 aromatic rings. The van der Waals surface area contributed by atoms with Crippen LogP contribution in [0.4, 0.5) is 0 Å². The van der Waals surface area contributed by atoms with Gasteiger partial charge in [-0.1, -0.05) is 6.92 Å². The molecule has 0 bridgehead atoms. The topological polar surface area (TPSA) is 55.8 Å². The van der Waals surface area contributed by atoms with E-state index in [2.05, 4.69) is 0 Å². The van der Waals surface area contributed by atoms with Crippen LogP contribution in [-0.2, 0) is 9.47 Å². The van der Waals surface area contributed by atoms with Crippen LogP contribution in [0.5, 0.6) is 5.75 Å². The van der Waals surface area contributed by atoms with Crippen molar-refractivity contribution in [3.63, 3.8) is 0 Å². The molecule has 0 fully saturated rings. The minimum atomic E-state index is -0.403. The third-order valence-corrected chi connectivity index (χ3v) is 1.91. The van der Waals surface area contributed by atoms with Gasteiger partial charge < -0.3 is 14.6 Å². The summed E-state index contributed by atoms with van der Waals surface area (Å²) in [5.41, 5.74) is 0.424. The average Bonchev–Trinajstić information content (AvgIpc) is 2.29. The van der Waals surface area contributed by atoms with E-state index in [0.29, 0.717) is 18.8 Å². The zero-order valence-electron chi connectivity index (χ0n) is 9.31. The highest BCUT2D eigenvalue weighted by molar-refractivity contribution is 5.89. The van der Waals surface area contributed by atoms with Gasteiger partial charge in [-0.3, -0.25) is 0 Å². The van der Waals surface area contributed by atoms with E-state index in [4.69, 9.17) is 14.6 Å². The number of carbonyl (C=O) groups excluding carboxylic acids is 1. The Balaban J connectivity index is 2.27. The Morgan fingerprint density at radius 3 is 2.50 bits per heavy atom. The molecule has 0 atom stereocenters. The van der Waals surface area contributed by atoms with Gasteiger partial charge in [0.25, 0.3) is 0 Å². The molecule has 0 heterocycles. The fourth-order valence-electron chi connectivity index (χ4n) is 1.12. The van der Waals surface area contributed by atoms with Crippen molar-refractivity contribution >= 4 is 5.97 Å². The molecule has 0 amide bonds. The van der Waals surface area contributed by atoms with E-state index in [1.807, 2.05) is 6.92 Å². The Bertz CT molecular complexity index is 318. The van der Waals surface area contributed by atoms with Crippen LogP contribution in [0.15, 0.2) is 24.3 Å². The van der Waals surface area contributed by atoms with Crippen molar-refractivity contribution < 1.29 is 19.4 Å². The van der Waals surface area contributed by atoms with Crippen molar-refractivity contribution in [3.05, 3.63) is 29.8 Å². The maximum Gasteiger partial charge on any atom is 0.338 e. The lowest BCUT2D eigenvalue weighted by Crippen LogP contribution is -2.11. The lowest BCUT2D eigenvalue weighted by Gasteiger charge is -2.05. The number of phenolic OH excluding ortho intramolecular Hbond substituents is 1. The monoisotopic (exact) mass is 224 g/mol. The lowest BCUT2D eigenvalue weighted by molar-refractivity contribution is 0.0318. The zero-order chi connectivity index (χ0) is 11.8. The Morgan fingerprint density at radius 1 is 1.19 bits per heavy atom. The number of carbonyl (C=O) groups is 1. The molecule has 4 heteroatoms. The Kier molecular flexibility index (Phi) is 5.36. The summed E-state index contributed by atoms with van der Waals surface area (Å²) in [6.07, 6.45) is 0.950. The third kappa shape index (κ3) is 4.31. The van der Waals surface area contributed by atoms with Crippen LogP contribution in [0.2, 0.25) is 0 Å². The highest BCUT2D eigenvalue weighted by Crippen LogP contribution is 2.10. The van der Waals surface area contributed by atoms with Crippen molar-refractivity contribution in [2.75, 3.05) is 19.8 Å². The number of ether oxygens (including phenoxy) is 2. The van der Waals surface area contributed by atoms with E-state index in [0.717, 1.165) is 6.42 Å². The van der Waals surface area contributed by atoms with Crippen LogP contribution in [0.1, 0.15) is 23.7 Å². The first-order chi connectivity index (χ1) is 7.74. The fraction of sp³-hybridized carbons (Fsp3) is 0.417. The summed E-state index contributed by atoms with van der Waals surface area (Å²) >= 11 is 0. The molecular weight excluding hydrogens is 208 g/mol. The SMILES string of the molecule is CCCOCCOC(=O)c1ccc(O)cc1. The summed E-state index contributed by atoms with van der Waals surface area (Å²) < 4.78 is 10.1. The van der Waals surface area contributed by atoms with E-state index in [9.17, 15) is 4.79 Å². The molecular formula is C12H16O4. The number of rotatable bonds is 6. The summed E-state index contributed by atoms with van der Waals surface area (Å²) in [5.74, 6) is -0.275. The fourth-order valence-corrected chi connectivity index (χ4v) is 1.12. The van der Waals surface area contributed by atoms with Crippen LogP contribution in [0, 0.1) is 0 Å². The van der Waals surface area contributed by atoms with Crippen molar-refractivity contribution in [2.24, 2.45) is 0 Å². The molecule has 0 aromatic heterocycles. The Hall–Kier alpha value is -1.55. The van der Waals surface area contributed by atoms with Crippen LogP contribution < -0.4 is 0 Å². The summed E-state index contributed by atoms with van der Waals surface area (Å²) in [5, 5.41) is 9.04. The van der Waals surface area contributed by atoms with Crippen molar-refractivity contribution in [3.8, 4) is 5.75 Å². The first kappa shape index (κ1) is 12.5. The summed E-state index contributed by atoms with van der Waals surface area (Å²) in [6, 6.07) is 5.93. The van der Waals surface area contributed by atoms with Gasteiger partial charge in [-0.2, -0.15) is 0 Å². The summed E-state index contributed by atoms with van der Waals surface area (Å²) in [4.78, 5) is 11.4. The highest BCUT2D eigenvalue weighted by Gasteiger charge is 2.05. The molecule has 0 radical (unpaired) electrons. The van der Waals surface area contributed by atoms with Gasteiger partial charge in [-0.25, -0.2) is 4.79 Å². The number of aromatic hydroxyl groups is 1. The number of hydrogen-bond donors (Lipinski definition) is 1. The van der Waals surface area contributed by atoms with Gasteiger partial charge in [-0.15, -0.1) is 0 Å². The van der Waals surface area contributed by atoms with Crippen molar-refractivity contribution in [1.29, 1.82) is 0 Å². The third-order valence-electron chi connectivity index (χ3n) is 1.91. The van der Waals surface area contributed by atoms with Gasteiger partial charge >= 0.3 is 5.97 Å². The molecule has 0 spiro atoms. The minimum absolute atomic E-state index is 0.128. The first-order valence-corrected chi connectivity index (χ1v) is 5.28. The highest BCUT2D eigenvalue weighted by atomic mass is 16.6. The Morgan fingerprint density at radius 2 is 1.88 bits per heavy atom. The van der Waals surface area contributed by atoms with Gasteiger partial charge in [0, 0.05) is 6.61 Å². The average molecular weight is 224 g/mol. The van der Waals surface area contributed by atoms with Gasteiger partial charge in [0.1, 0.15) is 12.4 Å². The standard InChI is InChI=1S/C12H16O4/c1-2-7-15-8-9-16-12(14)10-3-5-11(13)6-4-10/h3-6,13H,2,7-9H2,1H3. The largest absolute Gasteiger partial charge is 0.508 e. The molecule has 4 nitrogen and oxygen atoms in total. The quantitative estimate of drug-likeness (QED) is 0.593. The second-order valence-corrected chi connectivity index (χ2v) is 3.30. The van der Waals surface area contributed by atoms with Crippen LogP contribution >= 0.6 is 0 Å². The van der Waals surface area contributed by atoms with Crippen molar-refractivity contribution in [1.82, 2.24) is 0 Å². The van der Waals surface area contributed by atoms with E-state index >= 15 is 0 Å². The van der Waals surface area contributed by atoms with Gasteiger partial charge in [0.2, 0.25) is 0 Å². The predicted molar refractivity (Wildman–Crippen MR) is 59.5 cm³/mol. The number of phenols is 1. The predicted octanol–water partition coefficient (Wildman–Crippen LogP) is 1.98. The minimum Gasteiger partial charge on any atom is -0.508 e. The van der Waals surface area contributed by atoms with Crippen LogP contribution in [0.25, 0.3) is 0 Å². The molecule has 0 aliphatic heterocycles. The molecule has 0 aliphatic carbocycles. The van der Waals surface area contributed by atoms with E-state index in [1.54, 1.807) is 0 Å². The van der Waals surface area contributed by atoms with Crippen LogP contribution in [-0.4, -0.2) is 30.9 Å². The van der Waals surface area contributed by atoms with Crippen LogP contribution in [0.3, 0.4) is 0 Å².